The van der Waals surface area contributed by atoms with Crippen molar-refractivity contribution in [3.8, 4) is 17.2 Å². The number of esters is 1. The van der Waals surface area contributed by atoms with Gasteiger partial charge in [-0.1, -0.05) is 25.4 Å². The summed E-state index contributed by atoms with van der Waals surface area (Å²) in [5.41, 5.74) is 0.572. The van der Waals surface area contributed by atoms with Gasteiger partial charge in [-0.05, 0) is 49.2 Å². The fourth-order valence-electron chi connectivity index (χ4n) is 2.70. The number of ether oxygens (including phenoxy) is 4. The zero-order chi connectivity index (χ0) is 25.3. The predicted octanol–water partition coefficient (Wildman–Crippen LogP) is 3.69. The van der Waals surface area contributed by atoms with Gasteiger partial charge < -0.3 is 29.6 Å². The van der Waals surface area contributed by atoms with E-state index in [-0.39, 0.29) is 41.5 Å². The molecule has 1 unspecified atom stereocenters. The summed E-state index contributed by atoms with van der Waals surface area (Å²) in [6.45, 7) is 5.10. The van der Waals surface area contributed by atoms with E-state index in [9.17, 15) is 14.4 Å². The van der Waals surface area contributed by atoms with Crippen molar-refractivity contribution >= 4 is 35.1 Å². The van der Waals surface area contributed by atoms with E-state index < -0.39 is 18.5 Å². The summed E-state index contributed by atoms with van der Waals surface area (Å²) >= 11 is 5.97. The lowest BCUT2D eigenvalue weighted by Gasteiger charge is -2.17. The van der Waals surface area contributed by atoms with Gasteiger partial charge in [-0.15, -0.1) is 0 Å². The van der Waals surface area contributed by atoms with E-state index in [1.807, 2.05) is 20.8 Å². The van der Waals surface area contributed by atoms with Gasteiger partial charge in [0.05, 0.1) is 25.5 Å². The molecule has 1 atom stereocenters. The molecule has 0 aliphatic rings. The summed E-state index contributed by atoms with van der Waals surface area (Å²) in [7, 11) is 2.88. The summed E-state index contributed by atoms with van der Waals surface area (Å²) in [6.07, 6.45) is 0. The van der Waals surface area contributed by atoms with Gasteiger partial charge in [0.1, 0.15) is 5.75 Å². The minimum Gasteiger partial charge on any atom is -0.495 e. The first-order chi connectivity index (χ1) is 16.1. The molecule has 2 aromatic carbocycles. The maximum absolute atomic E-state index is 12.3. The van der Waals surface area contributed by atoms with Crippen molar-refractivity contribution in [2.75, 3.05) is 32.8 Å². The Balaban J connectivity index is 1.95. The van der Waals surface area contributed by atoms with Crippen LogP contribution < -0.4 is 24.8 Å². The van der Waals surface area contributed by atoms with Gasteiger partial charge in [-0.25, -0.2) is 4.79 Å². The van der Waals surface area contributed by atoms with Crippen LogP contribution in [0.15, 0.2) is 36.4 Å². The summed E-state index contributed by atoms with van der Waals surface area (Å²) in [5.74, 6) is -0.354. The summed E-state index contributed by atoms with van der Waals surface area (Å²) in [4.78, 5) is 36.6. The lowest BCUT2D eigenvalue weighted by atomic mass is 10.1. The number of carbonyl (C=O) groups excluding carboxylic acids is 3. The minimum absolute atomic E-state index is 0.0418. The van der Waals surface area contributed by atoms with E-state index in [0.717, 1.165) is 0 Å². The molecule has 0 aromatic heterocycles. The van der Waals surface area contributed by atoms with Gasteiger partial charge >= 0.3 is 5.97 Å². The lowest BCUT2D eigenvalue weighted by Crippen LogP contribution is -2.38. The molecule has 0 bridgehead atoms. The highest BCUT2D eigenvalue weighted by Crippen LogP contribution is 2.29. The number of methoxy groups -OCH3 is 2. The fourth-order valence-corrected chi connectivity index (χ4v) is 2.87. The van der Waals surface area contributed by atoms with Crippen LogP contribution in [0.2, 0.25) is 5.02 Å². The zero-order valence-electron chi connectivity index (χ0n) is 19.8. The molecule has 2 aromatic rings. The number of benzene rings is 2. The SMILES string of the molecule is COc1ccc(Cl)cc1NC(=O)COc1ccc(C(=O)OCC(=O)NC(C)C(C)C)cc1OC. The van der Waals surface area contributed by atoms with Gasteiger partial charge in [0, 0.05) is 11.1 Å². The molecule has 0 saturated carbocycles. The fraction of sp³-hybridized carbons (Fsp3) is 0.375. The molecule has 0 spiro atoms. The van der Waals surface area contributed by atoms with Crippen LogP contribution in [0.1, 0.15) is 31.1 Å². The third kappa shape index (κ3) is 7.84. The molecule has 0 fully saturated rings. The van der Waals surface area contributed by atoms with Crippen LogP contribution in [0.5, 0.6) is 17.2 Å². The molecule has 2 amide bonds. The summed E-state index contributed by atoms with van der Waals surface area (Å²) in [5, 5.41) is 5.86. The van der Waals surface area contributed by atoms with E-state index in [1.165, 1.54) is 32.4 Å². The predicted molar refractivity (Wildman–Crippen MR) is 128 cm³/mol. The standard InChI is InChI=1S/C24H29ClN2O7/c1-14(2)15(3)26-22(28)13-34-24(30)16-6-8-20(21(10-16)32-5)33-12-23(29)27-18-11-17(25)7-9-19(18)31-4/h6-11,14-15H,12-13H2,1-5H3,(H,26,28)(H,27,29). The molecule has 184 valence electrons. The van der Waals surface area contributed by atoms with E-state index >= 15 is 0 Å². The number of hydrogen-bond donors (Lipinski definition) is 2. The first-order valence-corrected chi connectivity index (χ1v) is 10.9. The normalized spacial score (nSPS) is 11.4. The molecule has 0 aliphatic carbocycles. The number of rotatable bonds is 11. The Hall–Kier alpha value is -3.46. The van der Waals surface area contributed by atoms with Crippen LogP contribution in [-0.4, -0.2) is 51.3 Å². The molecule has 2 rings (SSSR count). The van der Waals surface area contributed by atoms with Crippen molar-refractivity contribution in [1.29, 1.82) is 0 Å². The summed E-state index contributed by atoms with van der Waals surface area (Å²) < 4.78 is 21.1. The first kappa shape index (κ1) is 26.8. The van der Waals surface area contributed by atoms with Crippen LogP contribution in [-0.2, 0) is 14.3 Å². The quantitative estimate of drug-likeness (QED) is 0.460. The third-order valence-electron chi connectivity index (χ3n) is 4.92. The van der Waals surface area contributed by atoms with E-state index in [2.05, 4.69) is 10.6 Å². The number of amides is 2. The molecular formula is C24H29ClN2O7. The Morgan fingerprint density at radius 2 is 1.56 bits per heavy atom. The van der Waals surface area contributed by atoms with Crippen LogP contribution in [0.3, 0.4) is 0 Å². The molecule has 0 aliphatic heterocycles. The van der Waals surface area contributed by atoms with Crippen molar-refractivity contribution in [1.82, 2.24) is 5.32 Å². The topological polar surface area (TPSA) is 112 Å². The third-order valence-corrected chi connectivity index (χ3v) is 5.15. The highest BCUT2D eigenvalue weighted by molar-refractivity contribution is 6.31. The average Bonchev–Trinajstić information content (AvgIpc) is 2.81. The molecule has 0 radical (unpaired) electrons. The molecule has 2 N–H and O–H groups in total. The second kappa shape index (κ2) is 12.7. The van der Waals surface area contributed by atoms with E-state index in [1.54, 1.807) is 18.2 Å². The van der Waals surface area contributed by atoms with Crippen molar-refractivity contribution < 1.29 is 33.3 Å². The van der Waals surface area contributed by atoms with Crippen LogP contribution in [0, 0.1) is 5.92 Å². The largest absolute Gasteiger partial charge is 0.495 e. The molecular weight excluding hydrogens is 464 g/mol. The number of halogens is 1. The Morgan fingerprint density at radius 1 is 0.882 bits per heavy atom. The maximum atomic E-state index is 12.3. The van der Waals surface area contributed by atoms with Crippen molar-refractivity contribution in [2.24, 2.45) is 5.92 Å². The number of carbonyl (C=O) groups is 3. The molecule has 0 saturated heterocycles. The van der Waals surface area contributed by atoms with Crippen molar-refractivity contribution in [3.05, 3.63) is 47.0 Å². The maximum Gasteiger partial charge on any atom is 0.338 e. The van der Waals surface area contributed by atoms with Crippen LogP contribution in [0.25, 0.3) is 0 Å². The Morgan fingerprint density at radius 3 is 2.21 bits per heavy atom. The number of hydrogen-bond acceptors (Lipinski definition) is 7. The highest BCUT2D eigenvalue weighted by Gasteiger charge is 2.17. The Bertz CT molecular complexity index is 1030. The van der Waals surface area contributed by atoms with Crippen molar-refractivity contribution in [2.45, 2.75) is 26.8 Å². The van der Waals surface area contributed by atoms with E-state index in [4.69, 9.17) is 30.5 Å². The molecule has 9 nitrogen and oxygen atoms in total. The van der Waals surface area contributed by atoms with Gasteiger partial charge in [0.25, 0.3) is 11.8 Å². The first-order valence-electron chi connectivity index (χ1n) is 10.5. The lowest BCUT2D eigenvalue weighted by molar-refractivity contribution is -0.125. The zero-order valence-corrected chi connectivity index (χ0v) is 20.5. The number of anilines is 1. The Kier molecular flexibility index (Phi) is 10.0. The second-order valence-electron chi connectivity index (χ2n) is 7.72. The summed E-state index contributed by atoms with van der Waals surface area (Å²) in [6, 6.07) is 9.13. The average molecular weight is 493 g/mol. The monoisotopic (exact) mass is 492 g/mol. The van der Waals surface area contributed by atoms with Crippen LogP contribution >= 0.6 is 11.6 Å². The molecule has 10 heteroatoms. The van der Waals surface area contributed by atoms with Gasteiger partial charge in [-0.3, -0.25) is 9.59 Å². The highest BCUT2D eigenvalue weighted by atomic mass is 35.5. The molecule has 0 heterocycles. The van der Waals surface area contributed by atoms with Gasteiger partial charge in [0.15, 0.2) is 24.7 Å². The minimum atomic E-state index is -0.692. The van der Waals surface area contributed by atoms with Crippen molar-refractivity contribution in [3.63, 3.8) is 0 Å². The molecule has 34 heavy (non-hydrogen) atoms. The van der Waals surface area contributed by atoms with E-state index in [0.29, 0.717) is 16.5 Å². The smallest absolute Gasteiger partial charge is 0.338 e. The van der Waals surface area contributed by atoms with Gasteiger partial charge in [0.2, 0.25) is 0 Å². The Labute approximate surface area is 203 Å². The van der Waals surface area contributed by atoms with Crippen LogP contribution in [0.4, 0.5) is 5.69 Å². The van der Waals surface area contributed by atoms with Gasteiger partial charge in [-0.2, -0.15) is 0 Å². The number of nitrogens with one attached hydrogen (secondary N) is 2. The second-order valence-corrected chi connectivity index (χ2v) is 8.16.